The molecule has 0 radical (unpaired) electrons. The molecule has 3 N–H and O–H groups in total. The van der Waals surface area contributed by atoms with Crippen LogP contribution >= 0.6 is 0 Å². The van der Waals surface area contributed by atoms with Gasteiger partial charge in [0.1, 0.15) is 5.52 Å². The number of aromatic nitrogens is 4. The first-order valence-electron chi connectivity index (χ1n) is 4.58. The van der Waals surface area contributed by atoms with Gasteiger partial charge in [0.05, 0.1) is 16.6 Å². The second-order valence-corrected chi connectivity index (χ2v) is 3.47. The van der Waals surface area contributed by atoms with Crippen molar-refractivity contribution in [2.75, 3.05) is 0 Å². The zero-order valence-corrected chi connectivity index (χ0v) is 8.18. The first-order valence-corrected chi connectivity index (χ1v) is 4.58. The van der Waals surface area contributed by atoms with Gasteiger partial charge in [-0.05, 0) is 16.8 Å². The highest BCUT2D eigenvalue weighted by Crippen LogP contribution is 2.16. The summed E-state index contributed by atoms with van der Waals surface area (Å²) in [5, 5.41) is 9.89. The fourth-order valence-electron chi connectivity index (χ4n) is 1.79. The number of hydrogen-bond acceptors (Lipinski definition) is 4. The molecule has 0 fully saturated rings. The minimum atomic E-state index is -0.833. The van der Waals surface area contributed by atoms with E-state index < -0.39 is 16.4 Å². The van der Waals surface area contributed by atoms with E-state index in [1.54, 1.807) is 0 Å². The van der Waals surface area contributed by atoms with Gasteiger partial charge in [0.15, 0.2) is 5.03 Å². The molecule has 0 aliphatic rings. The van der Waals surface area contributed by atoms with Crippen LogP contribution in [0.5, 0.6) is 0 Å². The summed E-state index contributed by atoms with van der Waals surface area (Å²) in [6.07, 6.45) is 0. The summed E-state index contributed by atoms with van der Waals surface area (Å²) in [6, 6.07) is 2.83. The van der Waals surface area contributed by atoms with E-state index in [0.717, 1.165) is 0 Å². The number of imidazole rings is 2. The lowest BCUT2D eigenvalue weighted by Gasteiger charge is -1.92. The molecule has 0 unspecified atom stereocenters. The molecule has 0 bridgehead atoms. The Hall–Kier alpha value is -2.84. The summed E-state index contributed by atoms with van der Waals surface area (Å²) in [4.78, 5) is 40.4. The van der Waals surface area contributed by atoms with Crippen molar-refractivity contribution in [3.63, 3.8) is 0 Å². The molecule has 0 aliphatic carbocycles. The lowest BCUT2D eigenvalue weighted by Crippen LogP contribution is -2.23. The molecule has 0 saturated heterocycles. The van der Waals surface area contributed by atoms with Gasteiger partial charge in [0, 0.05) is 0 Å². The predicted molar refractivity (Wildman–Crippen MR) is 57.4 cm³/mol. The van der Waals surface area contributed by atoms with Crippen LogP contribution in [0.15, 0.2) is 21.7 Å². The predicted octanol–water partition coefficient (Wildman–Crippen LogP) is -0.461. The molecule has 0 amide bonds. The summed E-state index contributed by atoms with van der Waals surface area (Å²) < 4.78 is 0.389. The Balaban J connectivity index is 2.55. The molecule has 9 nitrogen and oxygen atoms in total. The maximum atomic E-state index is 11.3. The van der Waals surface area contributed by atoms with Crippen molar-refractivity contribution < 1.29 is 5.03 Å². The normalized spacial score (nSPS) is 11.3. The van der Waals surface area contributed by atoms with Gasteiger partial charge in [-0.2, -0.15) is 0 Å². The summed E-state index contributed by atoms with van der Waals surface area (Å²) in [6.45, 7) is 0. The van der Waals surface area contributed by atoms with E-state index in [0.29, 0.717) is 15.7 Å². The number of nitro groups is 1. The number of aromatic amines is 3. The average Bonchev–Trinajstić information content (AvgIpc) is 2.70. The van der Waals surface area contributed by atoms with Crippen LogP contribution < -0.4 is 11.4 Å². The second-order valence-electron chi connectivity index (χ2n) is 3.47. The molecule has 0 saturated carbocycles. The standard InChI is InChI=1S/C8H5N5O4/c14-7-9-3-1-5-6(2-4(3)10-7)12(13(16)17)8(15)11-5/h1-2H,(H,11,15)(H2,9,10,14). The second kappa shape index (κ2) is 2.84. The fourth-order valence-corrected chi connectivity index (χ4v) is 1.79. The Labute approximate surface area is 90.8 Å². The molecular weight excluding hydrogens is 230 g/mol. The summed E-state index contributed by atoms with van der Waals surface area (Å²) in [5.74, 6) is 0. The highest BCUT2D eigenvalue weighted by Gasteiger charge is 2.16. The van der Waals surface area contributed by atoms with Crippen LogP contribution in [0, 0.1) is 10.1 Å². The number of hydrogen-bond donors (Lipinski definition) is 3. The summed E-state index contributed by atoms with van der Waals surface area (Å²) in [5.41, 5.74) is 0.0104. The van der Waals surface area contributed by atoms with Crippen molar-refractivity contribution >= 4 is 22.1 Å². The van der Waals surface area contributed by atoms with E-state index in [1.165, 1.54) is 12.1 Å². The van der Waals surface area contributed by atoms with Crippen LogP contribution in [0.2, 0.25) is 0 Å². The molecule has 1 aromatic carbocycles. The van der Waals surface area contributed by atoms with E-state index in [-0.39, 0.29) is 11.0 Å². The van der Waals surface area contributed by atoms with Crippen molar-refractivity contribution in [1.29, 1.82) is 0 Å². The van der Waals surface area contributed by atoms with Crippen molar-refractivity contribution in [3.05, 3.63) is 43.2 Å². The van der Waals surface area contributed by atoms with E-state index >= 15 is 0 Å². The summed E-state index contributed by atoms with van der Waals surface area (Å²) in [7, 11) is 0. The van der Waals surface area contributed by atoms with Crippen LogP contribution in [0.1, 0.15) is 0 Å². The minimum absolute atomic E-state index is 0.0998. The zero-order valence-electron chi connectivity index (χ0n) is 8.18. The van der Waals surface area contributed by atoms with Crippen molar-refractivity contribution in [2.45, 2.75) is 0 Å². The molecule has 2 aromatic heterocycles. The molecule has 0 aliphatic heterocycles. The van der Waals surface area contributed by atoms with Gasteiger partial charge < -0.3 is 15.0 Å². The maximum absolute atomic E-state index is 11.3. The van der Waals surface area contributed by atoms with E-state index in [9.17, 15) is 19.7 Å². The summed E-state index contributed by atoms with van der Waals surface area (Å²) >= 11 is 0. The quantitative estimate of drug-likeness (QED) is 0.389. The largest absolute Gasteiger partial charge is 0.385 e. The minimum Gasteiger partial charge on any atom is -0.306 e. The highest BCUT2D eigenvalue weighted by atomic mass is 16.7. The number of rotatable bonds is 1. The molecule has 17 heavy (non-hydrogen) atoms. The lowest BCUT2D eigenvalue weighted by atomic mass is 10.3. The van der Waals surface area contributed by atoms with Crippen LogP contribution in [-0.4, -0.2) is 24.7 Å². The molecule has 0 spiro atoms. The topological polar surface area (TPSA) is 130 Å². The highest BCUT2D eigenvalue weighted by molar-refractivity contribution is 5.90. The number of nitrogens with one attached hydrogen (secondary N) is 3. The van der Waals surface area contributed by atoms with Gasteiger partial charge in [-0.3, -0.25) is 0 Å². The number of fused-ring (bicyclic) bond motifs is 2. The van der Waals surface area contributed by atoms with Crippen LogP contribution in [0.4, 0.5) is 0 Å². The van der Waals surface area contributed by atoms with Gasteiger partial charge in [0.25, 0.3) is 0 Å². The molecular formula is C8H5N5O4. The molecule has 9 heteroatoms. The zero-order chi connectivity index (χ0) is 12.2. The van der Waals surface area contributed by atoms with Gasteiger partial charge >= 0.3 is 11.4 Å². The van der Waals surface area contributed by atoms with Gasteiger partial charge in [-0.25, -0.2) is 19.7 Å². The van der Waals surface area contributed by atoms with Crippen LogP contribution in [-0.2, 0) is 0 Å². The van der Waals surface area contributed by atoms with Crippen LogP contribution in [0.25, 0.3) is 22.1 Å². The van der Waals surface area contributed by atoms with Gasteiger partial charge in [-0.15, -0.1) is 0 Å². The lowest BCUT2D eigenvalue weighted by molar-refractivity contribution is -0.540. The Morgan fingerprint density at radius 2 is 1.71 bits per heavy atom. The van der Waals surface area contributed by atoms with Crippen molar-refractivity contribution in [1.82, 2.24) is 19.6 Å². The van der Waals surface area contributed by atoms with Crippen LogP contribution in [0.3, 0.4) is 0 Å². The molecule has 2 heterocycles. The number of H-pyrrole nitrogens is 3. The van der Waals surface area contributed by atoms with E-state index in [2.05, 4.69) is 15.0 Å². The van der Waals surface area contributed by atoms with Crippen molar-refractivity contribution in [3.8, 4) is 0 Å². The first-order chi connectivity index (χ1) is 8.06. The third-order valence-corrected chi connectivity index (χ3v) is 2.46. The molecule has 0 atom stereocenters. The molecule has 3 rings (SSSR count). The van der Waals surface area contributed by atoms with E-state index in [1.807, 2.05) is 0 Å². The van der Waals surface area contributed by atoms with Crippen molar-refractivity contribution in [2.24, 2.45) is 0 Å². The Morgan fingerprint density at radius 1 is 1.06 bits per heavy atom. The number of nitrogens with zero attached hydrogens (tertiary/aromatic N) is 2. The monoisotopic (exact) mass is 235 g/mol. The fraction of sp³-hybridized carbons (Fsp3) is 0. The Kier molecular flexibility index (Phi) is 1.57. The maximum Gasteiger partial charge on any atom is 0.385 e. The third kappa shape index (κ3) is 1.19. The molecule has 86 valence electrons. The first kappa shape index (κ1) is 9.39. The Morgan fingerprint density at radius 3 is 2.35 bits per heavy atom. The smallest absolute Gasteiger partial charge is 0.306 e. The van der Waals surface area contributed by atoms with Gasteiger partial charge in [-0.1, -0.05) is 0 Å². The average molecular weight is 235 g/mol. The Bertz CT molecular complexity index is 863. The van der Waals surface area contributed by atoms with Gasteiger partial charge in [0.2, 0.25) is 0 Å². The molecule has 3 aromatic rings. The number of benzene rings is 1. The SMILES string of the molecule is O=c1[nH]c2cc3[nH]c(=O)n([N+](=O)[O-])c3cc2[nH]1. The van der Waals surface area contributed by atoms with E-state index in [4.69, 9.17) is 0 Å². The third-order valence-electron chi connectivity index (χ3n) is 2.46.